The maximum Gasteiger partial charge on any atom is 0.0762 e. The van der Waals surface area contributed by atoms with Gasteiger partial charge in [-0.1, -0.05) is 33.8 Å². The molecule has 3 heteroatoms. The standard InChI is InChI=1S/C18H30BrNO/c1-13(2)8-10-20(11-9-14(3)4)18-7-6-16(15(5)21)12-17(18)19/h6-7,12-15,21H,8-11H2,1-5H3/t15-/m0/s1. The fraction of sp³-hybridized carbons (Fsp3) is 0.667. The summed E-state index contributed by atoms with van der Waals surface area (Å²) in [6.07, 6.45) is 1.97. The van der Waals surface area contributed by atoms with E-state index in [1.165, 1.54) is 18.5 Å². The lowest BCUT2D eigenvalue weighted by atomic mass is 10.1. The van der Waals surface area contributed by atoms with E-state index in [0.717, 1.165) is 23.1 Å². The van der Waals surface area contributed by atoms with Crippen molar-refractivity contribution in [2.45, 2.75) is 53.6 Å². The van der Waals surface area contributed by atoms with Crippen molar-refractivity contribution in [2.75, 3.05) is 18.0 Å². The zero-order valence-corrected chi connectivity index (χ0v) is 15.7. The Bertz CT molecular complexity index is 417. The highest BCUT2D eigenvalue weighted by atomic mass is 79.9. The van der Waals surface area contributed by atoms with E-state index in [1.54, 1.807) is 6.92 Å². The number of aliphatic hydroxyl groups excluding tert-OH is 1. The van der Waals surface area contributed by atoms with Crippen molar-refractivity contribution >= 4 is 21.6 Å². The van der Waals surface area contributed by atoms with Gasteiger partial charge in [0.25, 0.3) is 0 Å². The summed E-state index contributed by atoms with van der Waals surface area (Å²) in [5.74, 6) is 1.42. The summed E-state index contributed by atoms with van der Waals surface area (Å²) in [5.41, 5.74) is 2.19. The van der Waals surface area contributed by atoms with Crippen LogP contribution in [0.4, 0.5) is 5.69 Å². The van der Waals surface area contributed by atoms with Gasteiger partial charge in [-0.05, 0) is 65.2 Å². The number of anilines is 1. The molecule has 0 saturated heterocycles. The normalized spacial score (nSPS) is 13.0. The van der Waals surface area contributed by atoms with Crippen LogP contribution in [0.3, 0.4) is 0 Å². The molecular formula is C18H30BrNO. The van der Waals surface area contributed by atoms with E-state index in [4.69, 9.17) is 0 Å². The maximum atomic E-state index is 9.70. The van der Waals surface area contributed by atoms with Crippen molar-refractivity contribution in [2.24, 2.45) is 11.8 Å². The molecule has 21 heavy (non-hydrogen) atoms. The fourth-order valence-electron chi connectivity index (χ4n) is 2.22. The van der Waals surface area contributed by atoms with Gasteiger partial charge in [-0.25, -0.2) is 0 Å². The van der Waals surface area contributed by atoms with Crippen molar-refractivity contribution in [1.29, 1.82) is 0 Å². The minimum absolute atomic E-state index is 0.421. The van der Waals surface area contributed by atoms with Crippen LogP contribution in [0.5, 0.6) is 0 Å². The highest BCUT2D eigenvalue weighted by Crippen LogP contribution is 2.30. The molecule has 1 atom stereocenters. The van der Waals surface area contributed by atoms with E-state index >= 15 is 0 Å². The van der Waals surface area contributed by atoms with Gasteiger partial charge in [-0.3, -0.25) is 0 Å². The molecule has 120 valence electrons. The number of hydrogen-bond acceptors (Lipinski definition) is 2. The second-order valence-corrected chi connectivity index (χ2v) is 7.59. The first kappa shape index (κ1) is 18.5. The molecule has 0 bridgehead atoms. The molecule has 0 spiro atoms. The van der Waals surface area contributed by atoms with Crippen LogP contribution in [0.2, 0.25) is 0 Å². The Morgan fingerprint density at radius 3 is 1.90 bits per heavy atom. The number of halogens is 1. The van der Waals surface area contributed by atoms with Crippen molar-refractivity contribution in [3.05, 3.63) is 28.2 Å². The van der Waals surface area contributed by atoms with Crippen molar-refractivity contribution in [3.63, 3.8) is 0 Å². The molecule has 0 aliphatic carbocycles. The van der Waals surface area contributed by atoms with E-state index < -0.39 is 6.10 Å². The van der Waals surface area contributed by atoms with Crippen molar-refractivity contribution < 1.29 is 5.11 Å². The first-order valence-corrected chi connectivity index (χ1v) is 8.83. The van der Waals surface area contributed by atoms with Gasteiger partial charge in [0.15, 0.2) is 0 Å². The van der Waals surface area contributed by atoms with Crippen LogP contribution in [0.1, 0.15) is 59.1 Å². The Labute approximate surface area is 138 Å². The van der Waals surface area contributed by atoms with Crippen molar-refractivity contribution in [3.8, 4) is 0 Å². The average Bonchev–Trinajstić information content (AvgIpc) is 2.38. The lowest BCUT2D eigenvalue weighted by Gasteiger charge is -2.28. The van der Waals surface area contributed by atoms with E-state index in [0.29, 0.717) is 11.8 Å². The minimum Gasteiger partial charge on any atom is -0.389 e. The lowest BCUT2D eigenvalue weighted by Crippen LogP contribution is -2.28. The molecule has 0 saturated carbocycles. The summed E-state index contributed by atoms with van der Waals surface area (Å²) in [6, 6.07) is 6.20. The Kier molecular flexibility index (Phi) is 7.75. The van der Waals surface area contributed by atoms with Gasteiger partial charge in [0.05, 0.1) is 11.8 Å². The Morgan fingerprint density at radius 2 is 1.52 bits per heavy atom. The third-order valence-corrected chi connectivity index (χ3v) is 4.38. The number of aliphatic hydroxyl groups is 1. The van der Waals surface area contributed by atoms with Crippen LogP contribution >= 0.6 is 15.9 Å². The predicted octanol–water partition coefficient (Wildman–Crippen LogP) is 5.40. The molecule has 0 unspecified atom stereocenters. The third kappa shape index (κ3) is 6.39. The molecule has 0 heterocycles. The zero-order valence-electron chi connectivity index (χ0n) is 14.1. The molecule has 0 aliphatic heterocycles. The molecule has 0 aliphatic rings. The third-order valence-electron chi connectivity index (χ3n) is 3.75. The second-order valence-electron chi connectivity index (χ2n) is 6.74. The average molecular weight is 356 g/mol. The topological polar surface area (TPSA) is 23.5 Å². The summed E-state index contributed by atoms with van der Waals surface area (Å²) in [7, 11) is 0. The van der Waals surface area contributed by atoms with Gasteiger partial charge in [-0.2, -0.15) is 0 Å². The number of hydrogen-bond donors (Lipinski definition) is 1. The Morgan fingerprint density at radius 1 is 1.00 bits per heavy atom. The molecule has 1 aromatic carbocycles. The van der Waals surface area contributed by atoms with Gasteiger partial charge in [0, 0.05) is 17.6 Å². The molecule has 0 aromatic heterocycles. The van der Waals surface area contributed by atoms with Gasteiger partial charge in [0.2, 0.25) is 0 Å². The number of rotatable bonds is 8. The van der Waals surface area contributed by atoms with Gasteiger partial charge >= 0.3 is 0 Å². The Balaban J connectivity index is 2.90. The van der Waals surface area contributed by atoms with Gasteiger partial charge in [0.1, 0.15) is 0 Å². The van der Waals surface area contributed by atoms with Crippen LogP contribution in [0, 0.1) is 11.8 Å². The smallest absolute Gasteiger partial charge is 0.0762 e. The Hall–Kier alpha value is -0.540. The molecule has 1 N–H and O–H groups in total. The lowest BCUT2D eigenvalue weighted by molar-refractivity contribution is 0.199. The van der Waals surface area contributed by atoms with E-state index in [2.05, 4.69) is 54.6 Å². The minimum atomic E-state index is -0.421. The van der Waals surface area contributed by atoms with E-state index in [9.17, 15) is 5.11 Å². The molecule has 1 rings (SSSR count). The summed E-state index contributed by atoms with van der Waals surface area (Å²) in [5, 5.41) is 9.70. The first-order valence-electron chi connectivity index (χ1n) is 8.03. The largest absolute Gasteiger partial charge is 0.389 e. The fourth-order valence-corrected chi connectivity index (χ4v) is 2.87. The molecule has 1 aromatic rings. The summed E-state index contributed by atoms with van der Waals surface area (Å²) < 4.78 is 1.08. The quantitative estimate of drug-likeness (QED) is 0.674. The highest BCUT2D eigenvalue weighted by Gasteiger charge is 2.13. The van der Waals surface area contributed by atoms with Crippen LogP contribution < -0.4 is 4.90 Å². The van der Waals surface area contributed by atoms with E-state index in [-0.39, 0.29) is 0 Å². The van der Waals surface area contributed by atoms with Crippen LogP contribution in [-0.4, -0.2) is 18.2 Å². The highest BCUT2D eigenvalue weighted by molar-refractivity contribution is 9.10. The summed E-state index contributed by atoms with van der Waals surface area (Å²) in [4.78, 5) is 2.47. The van der Waals surface area contributed by atoms with E-state index in [1.807, 2.05) is 12.1 Å². The number of nitrogens with zero attached hydrogens (tertiary/aromatic N) is 1. The predicted molar refractivity (Wildman–Crippen MR) is 95.9 cm³/mol. The van der Waals surface area contributed by atoms with Crippen LogP contribution in [0.15, 0.2) is 22.7 Å². The SMILES string of the molecule is CC(C)CCN(CCC(C)C)c1ccc([C@H](C)O)cc1Br. The van der Waals surface area contributed by atoms with Crippen LogP contribution in [-0.2, 0) is 0 Å². The second kappa shape index (κ2) is 8.79. The number of benzene rings is 1. The molecule has 0 amide bonds. The summed E-state index contributed by atoms with van der Waals surface area (Å²) >= 11 is 3.68. The van der Waals surface area contributed by atoms with Gasteiger partial charge in [-0.15, -0.1) is 0 Å². The summed E-state index contributed by atoms with van der Waals surface area (Å²) in [6.45, 7) is 13.0. The van der Waals surface area contributed by atoms with Crippen molar-refractivity contribution in [1.82, 2.24) is 0 Å². The van der Waals surface area contributed by atoms with Gasteiger partial charge < -0.3 is 10.0 Å². The molecular weight excluding hydrogens is 326 g/mol. The maximum absolute atomic E-state index is 9.70. The zero-order chi connectivity index (χ0) is 16.0. The van der Waals surface area contributed by atoms with Crippen LogP contribution in [0.25, 0.3) is 0 Å². The molecule has 2 nitrogen and oxygen atoms in total. The first-order chi connectivity index (χ1) is 9.81. The molecule has 0 radical (unpaired) electrons. The monoisotopic (exact) mass is 355 g/mol. The molecule has 0 fully saturated rings.